The van der Waals surface area contributed by atoms with E-state index in [0.717, 1.165) is 48.9 Å². The van der Waals surface area contributed by atoms with Gasteiger partial charge in [-0.15, -0.1) is 0 Å². The van der Waals surface area contributed by atoms with Crippen molar-refractivity contribution in [1.29, 1.82) is 5.41 Å². The van der Waals surface area contributed by atoms with Crippen LogP contribution in [0.15, 0.2) is 55.1 Å². The molecular formula is C24H26N8O. The van der Waals surface area contributed by atoms with Crippen LogP contribution in [0.5, 0.6) is 0 Å². The van der Waals surface area contributed by atoms with Gasteiger partial charge in [-0.05, 0) is 24.6 Å². The van der Waals surface area contributed by atoms with Crippen LogP contribution in [0.1, 0.15) is 18.9 Å². The molecule has 1 aromatic carbocycles. The highest BCUT2D eigenvalue weighted by atomic mass is 16.5. The van der Waals surface area contributed by atoms with E-state index in [0.29, 0.717) is 22.7 Å². The fourth-order valence-electron chi connectivity index (χ4n) is 3.98. The van der Waals surface area contributed by atoms with Gasteiger partial charge in [0.15, 0.2) is 11.5 Å². The predicted molar refractivity (Wildman–Crippen MR) is 130 cm³/mol. The molecule has 9 nitrogen and oxygen atoms in total. The number of nitrogen functional groups attached to an aromatic ring is 1. The zero-order valence-electron chi connectivity index (χ0n) is 18.4. The molecule has 33 heavy (non-hydrogen) atoms. The summed E-state index contributed by atoms with van der Waals surface area (Å²) in [6.07, 6.45) is 9.84. The Hall–Kier alpha value is -3.98. The molecule has 3 aromatic heterocycles. The lowest BCUT2D eigenvalue weighted by Crippen LogP contribution is -2.42. The molecular weight excluding hydrogens is 416 g/mol. The Balaban J connectivity index is 1.42. The monoisotopic (exact) mass is 442 g/mol. The first-order valence-electron chi connectivity index (χ1n) is 11.0. The van der Waals surface area contributed by atoms with E-state index in [1.807, 2.05) is 53.3 Å². The quantitative estimate of drug-likeness (QED) is 0.308. The van der Waals surface area contributed by atoms with Crippen LogP contribution < -0.4 is 16.0 Å². The summed E-state index contributed by atoms with van der Waals surface area (Å²) in [4.78, 5) is 16.2. The molecule has 1 fully saturated rings. The van der Waals surface area contributed by atoms with E-state index in [9.17, 15) is 0 Å². The first-order chi connectivity index (χ1) is 16.1. The minimum absolute atomic E-state index is 0.251. The lowest BCUT2D eigenvalue weighted by Gasteiger charge is -2.33. The Morgan fingerprint density at radius 1 is 1.27 bits per heavy atom. The number of fused-ring (bicyclic) bond motifs is 1. The molecule has 5 rings (SSSR count). The van der Waals surface area contributed by atoms with Crippen LogP contribution >= 0.6 is 0 Å². The van der Waals surface area contributed by atoms with Crippen LogP contribution in [0.3, 0.4) is 0 Å². The molecule has 4 aromatic rings. The third kappa shape index (κ3) is 4.22. The first kappa shape index (κ1) is 20.9. The van der Waals surface area contributed by atoms with Crippen LogP contribution in [0.4, 0.5) is 23.0 Å². The highest BCUT2D eigenvalue weighted by molar-refractivity contribution is 5.87. The van der Waals surface area contributed by atoms with Crippen molar-refractivity contribution in [3.63, 3.8) is 0 Å². The lowest BCUT2D eigenvalue weighted by atomic mass is 10.1. The predicted octanol–water partition coefficient (Wildman–Crippen LogP) is 3.73. The highest BCUT2D eigenvalue weighted by Gasteiger charge is 2.20. The number of aromatic nitrogens is 4. The molecule has 4 N–H and O–H groups in total. The van der Waals surface area contributed by atoms with Crippen molar-refractivity contribution in [2.45, 2.75) is 19.4 Å². The average molecular weight is 443 g/mol. The van der Waals surface area contributed by atoms with Crippen molar-refractivity contribution in [3.05, 3.63) is 60.7 Å². The molecule has 1 saturated heterocycles. The molecule has 1 aliphatic heterocycles. The van der Waals surface area contributed by atoms with E-state index < -0.39 is 0 Å². The average Bonchev–Trinajstić information content (AvgIpc) is 3.34. The van der Waals surface area contributed by atoms with Gasteiger partial charge < -0.3 is 30.5 Å². The van der Waals surface area contributed by atoms with Gasteiger partial charge in [-0.2, -0.15) is 0 Å². The SMILES string of the molecule is CC[C@@H]1CN(c2ccc(Nc3nc(-c4ccc(C=N)c(N)c4)cn4ccnc34)cn2)CCO1. The van der Waals surface area contributed by atoms with Gasteiger partial charge in [0.1, 0.15) is 5.82 Å². The molecule has 0 amide bonds. The van der Waals surface area contributed by atoms with Crippen LogP contribution in [0, 0.1) is 5.41 Å². The van der Waals surface area contributed by atoms with Gasteiger partial charge in [-0.25, -0.2) is 15.0 Å². The van der Waals surface area contributed by atoms with Gasteiger partial charge in [0.2, 0.25) is 0 Å². The van der Waals surface area contributed by atoms with Crippen molar-refractivity contribution >= 4 is 34.9 Å². The van der Waals surface area contributed by atoms with Gasteiger partial charge in [0, 0.05) is 54.7 Å². The smallest absolute Gasteiger partial charge is 0.180 e. The molecule has 4 heterocycles. The molecule has 0 bridgehead atoms. The Bertz CT molecular complexity index is 1280. The van der Waals surface area contributed by atoms with E-state index in [1.165, 1.54) is 6.21 Å². The number of nitrogens with zero attached hydrogens (tertiary/aromatic N) is 5. The summed E-state index contributed by atoms with van der Waals surface area (Å²) in [5, 5.41) is 10.8. The second kappa shape index (κ2) is 8.87. The van der Waals surface area contributed by atoms with E-state index in [-0.39, 0.29) is 6.10 Å². The third-order valence-electron chi connectivity index (χ3n) is 5.84. The van der Waals surface area contributed by atoms with Crippen LogP contribution in [-0.2, 0) is 4.74 Å². The number of hydrogen-bond donors (Lipinski definition) is 3. The largest absolute Gasteiger partial charge is 0.398 e. The minimum Gasteiger partial charge on any atom is -0.398 e. The normalized spacial score (nSPS) is 16.2. The van der Waals surface area contributed by atoms with Gasteiger partial charge in [-0.1, -0.05) is 19.1 Å². The van der Waals surface area contributed by atoms with Crippen LogP contribution in [0.2, 0.25) is 0 Å². The summed E-state index contributed by atoms with van der Waals surface area (Å²) in [5.74, 6) is 1.57. The second-order valence-electron chi connectivity index (χ2n) is 8.00. The Morgan fingerprint density at radius 3 is 2.94 bits per heavy atom. The Morgan fingerprint density at radius 2 is 2.18 bits per heavy atom. The maximum Gasteiger partial charge on any atom is 0.180 e. The van der Waals surface area contributed by atoms with Gasteiger partial charge >= 0.3 is 0 Å². The number of ether oxygens (including phenoxy) is 1. The molecule has 0 spiro atoms. The summed E-state index contributed by atoms with van der Waals surface area (Å²) in [7, 11) is 0. The van der Waals surface area contributed by atoms with Gasteiger partial charge in [-0.3, -0.25) is 0 Å². The number of hydrogen-bond acceptors (Lipinski definition) is 8. The number of benzene rings is 1. The number of pyridine rings is 1. The number of nitrogens with two attached hydrogens (primary N) is 1. The number of rotatable bonds is 6. The topological polar surface area (TPSA) is 117 Å². The highest BCUT2D eigenvalue weighted by Crippen LogP contribution is 2.27. The molecule has 9 heteroatoms. The van der Waals surface area contributed by atoms with Crippen molar-refractivity contribution in [1.82, 2.24) is 19.4 Å². The summed E-state index contributed by atoms with van der Waals surface area (Å²) in [5.41, 5.74) is 10.4. The van der Waals surface area contributed by atoms with Gasteiger partial charge in [0.05, 0.1) is 30.3 Å². The number of anilines is 4. The minimum atomic E-state index is 0.251. The molecule has 1 atom stereocenters. The summed E-state index contributed by atoms with van der Waals surface area (Å²) < 4.78 is 7.69. The molecule has 0 unspecified atom stereocenters. The maximum atomic E-state index is 7.45. The lowest BCUT2D eigenvalue weighted by molar-refractivity contribution is 0.0382. The van der Waals surface area contributed by atoms with E-state index in [2.05, 4.69) is 27.1 Å². The Kier molecular flexibility index (Phi) is 5.62. The molecule has 1 aliphatic rings. The fourth-order valence-corrected chi connectivity index (χ4v) is 3.98. The fraction of sp³-hybridized carbons (Fsp3) is 0.250. The van der Waals surface area contributed by atoms with Crippen molar-refractivity contribution < 1.29 is 4.74 Å². The summed E-state index contributed by atoms with van der Waals surface area (Å²) >= 11 is 0. The van der Waals surface area contributed by atoms with Crippen LogP contribution in [-0.4, -0.2) is 51.4 Å². The molecule has 168 valence electrons. The molecule has 0 aliphatic carbocycles. The number of morpholine rings is 1. The maximum absolute atomic E-state index is 7.45. The van der Waals surface area contributed by atoms with Crippen molar-refractivity contribution in [3.8, 4) is 11.3 Å². The summed E-state index contributed by atoms with van der Waals surface area (Å²) in [6, 6.07) is 9.58. The molecule has 0 radical (unpaired) electrons. The summed E-state index contributed by atoms with van der Waals surface area (Å²) in [6.45, 7) is 4.56. The van der Waals surface area contributed by atoms with E-state index >= 15 is 0 Å². The third-order valence-corrected chi connectivity index (χ3v) is 5.84. The Labute approximate surface area is 191 Å². The zero-order chi connectivity index (χ0) is 22.8. The zero-order valence-corrected chi connectivity index (χ0v) is 18.4. The molecule has 0 saturated carbocycles. The number of nitrogens with one attached hydrogen (secondary N) is 2. The van der Waals surface area contributed by atoms with Crippen molar-refractivity contribution in [2.24, 2.45) is 0 Å². The van der Waals surface area contributed by atoms with Gasteiger partial charge in [0.25, 0.3) is 0 Å². The second-order valence-corrected chi connectivity index (χ2v) is 8.00. The number of imidazole rings is 1. The van der Waals surface area contributed by atoms with Crippen molar-refractivity contribution in [2.75, 3.05) is 35.6 Å². The standard InChI is InChI=1S/C24H26N8O/c1-2-19-14-31(9-10-33-19)22-6-5-18(13-28-22)29-23-24-27-7-8-32(24)15-21(30-23)16-3-4-17(12-25)20(26)11-16/h3-8,11-13,15,19,25H,2,9-10,14,26H2,1H3,(H,29,30)/t19-/m1/s1. The first-order valence-corrected chi connectivity index (χ1v) is 11.0. The van der Waals surface area contributed by atoms with E-state index in [4.69, 9.17) is 20.9 Å². The van der Waals surface area contributed by atoms with Crippen LogP contribution in [0.25, 0.3) is 16.9 Å². The van der Waals surface area contributed by atoms with E-state index in [1.54, 1.807) is 6.20 Å².